The summed E-state index contributed by atoms with van der Waals surface area (Å²) in [5, 5.41) is 14.3. The molecule has 190 valence electrons. The third-order valence-electron chi connectivity index (χ3n) is 7.57. The molecule has 1 saturated carbocycles. The number of amides is 1. The Kier molecular flexibility index (Phi) is 5.35. The van der Waals surface area contributed by atoms with Crippen molar-refractivity contribution >= 4 is 26.3 Å². The number of carbonyl (C=O) groups excluding carboxylic acids is 3. The summed E-state index contributed by atoms with van der Waals surface area (Å²) >= 11 is 0. The largest absolute Gasteiger partial charge is 0.509 e. The predicted octanol–water partition coefficient (Wildman–Crippen LogP) is 2.21. The Balaban J connectivity index is 1.64. The Morgan fingerprint density at radius 2 is 1.86 bits per heavy atom. The smallest absolute Gasteiger partial charge is 0.453 e. The Bertz CT molecular complexity index is 1110. The van der Waals surface area contributed by atoms with E-state index in [0.717, 1.165) is 0 Å². The fourth-order valence-electron chi connectivity index (χ4n) is 4.93. The number of aliphatic hydroxyl groups is 1. The second kappa shape index (κ2) is 7.84. The third kappa shape index (κ3) is 3.66. The van der Waals surface area contributed by atoms with Crippen molar-refractivity contribution in [2.24, 2.45) is 0 Å². The van der Waals surface area contributed by atoms with Crippen molar-refractivity contribution in [2.75, 3.05) is 6.79 Å². The van der Waals surface area contributed by atoms with Crippen molar-refractivity contribution in [1.29, 1.82) is 0 Å². The molecule has 0 unspecified atom stereocenters. The van der Waals surface area contributed by atoms with Crippen molar-refractivity contribution in [3.63, 3.8) is 0 Å². The van der Waals surface area contributed by atoms with Gasteiger partial charge in [0, 0.05) is 12.8 Å². The molecule has 2 N–H and O–H groups in total. The van der Waals surface area contributed by atoms with Gasteiger partial charge in [0.15, 0.2) is 32.0 Å². The number of hydrogen-bond donors (Lipinski definition) is 2. The second-order valence-corrected chi connectivity index (χ2v) is 15.5. The average Bonchev–Trinajstić information content (AvgIpc) is 3.35. The van der Waals surface area contributed by atoms with Crippen LogP contribution in [0.15, 0.2) is 6.07 Å². The molecule has 0 radical (unpaired) electrons. The lowest BCUT2D eigenvalue weighted by Gasteiger charge is -2.50. The third-order valence-corrected chi connectivity index (χ3v) is 12.0. The molecule has 6 atom stereocenters. The van der Waals surface area contributed by atoms with E-state index in [1.807, 2.05) is 13.1 Å². The molecule has 2 fully saturated rings. The Hall–Kier alpha value is -2.83. The number of esters is 1. The number of rotatable bonds is 3. The molecule has 1 aromatic carbocycles. The molecule has 0 spiro atoms. The van der Waals surface area contributed by atoms with Crippen LogP contribution in [-0.4, -0.2) is 68.7 Å². The van der Waals surface area contributed by atoms with Crippen LogP contribution in [0.4, 0.5) is 4.79 Å². The molecule has 1 saturated heterocycles. The van der Waals surface area contributed by atoms with Crippen LogP contribution < -0.4 is 19.5 Å². The minimum Gasteiger partial charge on any atom is -0.453 e. The highest BCUT2D eigenvalue weighted by Crippen LogP contribution is 2.52. The maximum Gasteiger partial charge on any atom is 0.509 e. The predicted molar refractivity (Wildman–Crippen MR) is 121 cm³/mol. The highest BCUT2D eigenvalue weighted by atomic mass is 28.4. The zero-order chi connectivity index (χ0) is 25.4. The number of benzene rings is 1. The van der Waals surface area contributed by atoms with Gasteiger partial charge >= 0.3 is 12.1 Å². The number of aliphatic hydroxyl groups excluding tert-OH is 1. The van der Waals surface area contributed by atoms with E-state index in [4.69, 9.17) is 28.1 Å². The molecule has 11 nitrogen and oxygen atoms in total. The standard InChI is InChI=1S/C23H29NO10Si/c1-9(25)31-17-13-10(7-11-16(17)30-8-29-11)12-14(24-21(13)27)18-20(33-22(28)32-18)19(15(12)26)34-35(5,6)23(2,3)4/h7,12,14-15,18-20,26H,8H2,1-6H3,(H,24,27)/t12-,14-,15-,18+,19+,20+/m1/s1. The van der Waals surface area contributed by atoms with Crippen LogP contribution in [0.25, 0.3) is 0 Å². The van der Waals surface area contributed by atoms with E-state index in [-0.39, 0.29) is 34.6 Å². The number of ether oxygens (including phenoxy) is 5. The van der Waals surface area contributed by atoms with Crippen molar-refractivity contribution in [2.45, 2.75) is 82.2 Å². The fourth-order valence-corrected chi connectivity index (χ4v) is 6.23. The summed E-state index contributed by atoms with van der Waals surface area (Å²) in [6.07, 6.45) is -4.76. The van der Waals surface area contributed by atoms with Gasteiger partial charge in [-0.25, -0.2) is 4.79 Å². The van der Waals surface area contributed by atoms with E-state index in [1.165, 1.54) is 6.92 Å². The SMILES string of the molecule is CC(=O)Oc1c2c(cc3c1C(=O)N[C@H]1[C@@H]4OC(=O)O[C@@H]4[C@@H](O[Si](C)(C)C(C)(C)C)[C@H](O)[C@H]31)OCO2. The summed E-state index contributed by atoms with van der Waals surface area (Å²) in [5.74, 6) is -1.63. The molecule has 1 aromatic rings. The molecule has 1 amide bonds. The monoisotopic (exact) mass is 507 g/mol. The van der Waals surface area contributed by atoms with Gasteiger partial charge in [-0.15, -0.1) is 0 Å². The lowest BCUT2D eigenvalue weighted by atomic mass is 9.70. The zero-order valence-corrected chi connectivity index (χ0v) is 21.4. The second-order valence-electron chi connectivity index (χ2n) is 10.8. The molecule has 4 aliphatic rings. The first-order valence-electron chi connectivity index (χ1n) is 11.5. The van der Waals surface area contributed by atoms with Gasteiger partial charge in [0.05, 0.1) is 17.7 Å². The van der Waals surface area contributed by atoms with Crippen LogP contribution in [0, 0.1) is 0 Å². The van der Waals surface area contributed by atoms with Crippen LogP contribution in [0.3, 0.4) is 0 Å². The Labute approximate surface area is 203 Å². The Morgan fingerprint density at radius 1 is 1.17 bits per heavy atom. The maximum absolute atomic E-state index is 13.3. The number of hydrogen-bond acceptors (Lipinski definition) is 10. The maximum atomic E-state index is 13.3. The van der Waals surface area contributed by atoms with Gasteiger partial charge in [0.2, 0.25) is 12.5 Å². The summed E-state index contributed by atoms with van der Waals surface area (Å²) in [4.78, 5) is 37.3. The van der Waals surface area contributed by atoms with Crippen LogP contribution in [0.2, 0.25) is 18.1 Å². The van der Waals surface area contributed by atoms with Crippen molar-refractivity contribution in [1.82, 2.24) is 5.32 Å². The van der Waals surface area contributed by atoms with Gasteiger partial charge in [-0.1, -0.05) is 20.8 Å². The molecule has 3 aliphatic heterocycles. The highest BCUT2D eigenvalue weighted by Gasteiger charge is 2.62. The number of fused-ring (bicyclic) bond motifs is 6. The van der Waals surface area contributed by atoms with Gasteiger partial charge in [-0.2, -0.15) is 0 Å². The van der Waals surface area contributed by atoms with Crippen molar-refractivity contribution < 1.29 is 47.6 Å². The summed E-state index contributed by atoms with van der Waals surface area (Å²) < 4.78 is 33.9. The molecule has 12 heteroatoms. The number of carbonyl (C=O) groups is 3. The van der Waals surface area contributed by atoms with Crippen molar-refractivity contribution in [3.8, 4) is 17.2 Å². The lowest BCUT2D eigenvalue weighted by molar-refractivity contribution is -0.132. The topological polar surface area (TPSA) is 139 Å². The zero-order valence-electron chi connectivity index (χ0n) is 20.4. The van der Waals surface area contributed by atoms with Gasteiger partial charge in [0.1, 0.15) is 6.10 Å². The molecular formula is C23H29NO10Si. The molecule has 35 heavy (non-hydrogen) atoms. The summed E-state index contributed by atoms with van der Waals surface area (Å²) in [6, 6.07) is 0.803. The van der Waals surface area contributed by atoms with E-state index in [0.29, 0.717) is 5.56 Å². The van der Waals surface area contributed by atoms with Gasteiger partial charge in [-0.3, -0.25) is 9.59 Å². The fraction of sp³-hybridized carbons (Fsp3) is 0.609. The quantitative estimate of drug-likeness (QED) is 0.356. The molecule has 3 heterocycles. The first-order valence-corrected chi connectivity index (χ1v) is 14.4. The minimum absolute atomic E-state index is 0.0551. The summed E-state index contributed by atoms with van der Waals surface area (Å²) in [5.41, 5.74) is 0.441. The normalized spacial score (nSPS) is 30.9. The molecule has 0 aromatic heterocycles. The molecule has 5 rings (SSSR count). The van der Waals surface area contributed by atoms with E-state index < -0.39 is 62.7 Å². The number of nitrogens with one attached hydrogen (secondary N) is 1. The first-order chi connectivity index (χ1) is 16.3. The lowest BCUT2D eigenvalue weighted by Crippen LogP contribution is -2.67. The van der Waals surface area contributed by atoms with E-state index in [9.17, 15) is 19.5 Å². The van der Waals surface area contributed by atoms with Gasteiger partial charge < -0.3 is 38.5 Å². The van der Waals surface area contributed by atoms with E-state index in [2.05, 4.69) is 26.1 Å². The van der Waals surface area contributed by atoms with Crippen molar-refractivity contribution in [3.05, 3.63) is 17.2 Å². The van der Waals surface area contributed by atoms with Crippen LogP contribution in [0.1, 0.15) is 49.5 Å². The van der Waals surface area contributed by atoms with Gasteiger partial charge in [0.25, 0.3) is 5.91 Å². The van der Waals surface area contributed by atoms with Gasteiger partial charge in [-0.05, 0) is 29.8 Å². The van der Waals surface area contributed by atoms with E-state index in [1.54, 1.807) is 6.07 Å². The summed E-state index contributed by atoms with van der Waals surface area (Å²) in [6.45, 7) is 11.4. The van der Waals surface area contributed by atoms with Crippen LogP contribution in [0.5, 0.6) is 17.2 Å². The summed E-state index contributed by atoms with van der Waals surface area (Å²) in [7, 11) is -2.44. The molecule has 1 aliphatic carbocycles. The van der Waals surface area contributed by atoms with Crippen LogP contribution in [-0.2, 0) is 18.7 Å². The van der Waals surface area contributed by atoms with Crippen LogP contribution >= 0.6 is 0 Å². The minimum atomic E-state index is -2.44. The molecular weight excluding hydrogens is 478 g/mol. The molecule has 0 bridgehead atoms. The highest BCUT2D eigenvalue weighted by molar-refractivity contribution is 6.74. The Morgan fingerprint density at radius 3 is 2.51 bits per heavy atom. The first kappa shape index (κ1) is 23.9. The van der Waals surface area contributed by atoms with E-state index >= 15 is 0 Å². The average molecular weight is 508 g/mol.